The molecule has 1 heterocycles. The molecule has 18 heavy (non-hydrogen) atoms. The molecule has 0 radical (unpaired) electrons. The number of carbonyl (C=O) groups excluding carboxylic acids is 2. The van der Waals surface area contributed by atoms with E-state index in [2.05, 4.69) is 0 Å². The summed E-state index contributed by atoms with van der Waals surface area (Å²) in [6.45, 7) is 1.02. The smallest absolute Gasteiger partial charge is 0.334 e. The van der Waals surface area contributed by atoms with Gasteiger partial charge >= 0.3 is 18.0 Å². The molecule has 0 saturated carbocycles. The Morgan fingerprint density at radius 2 is 1.78 bits per heavy atom. The number of amides is 1. The fourth-order valence-corrected chi connectivity index (χ4v) is 1.95. The van der Waals surface area contributed by atoms with Crippen LogP contribution in [0.25, 0.3) is 0 Å². The van der Waals surface area contributed by atoms with Crippen molar-refractivity contribution >= 4 is 11.7 Å². The number of hydrogen-bond donors (Lipinski definition) is 0. The number of likely N-dealkylation sites (tertiary alicyclic amines) is 1. The number of rotatable bonds is 3. The lowest BCUT2D eigenvalue weighted by Gasteiger charge is -2.28. The van der Waals surface area contributed by atoms with E-state index >= 15 is 0 Å². The summed E-state index contributed by atoms with van der Waals surface area (Å²) < 4.78 is 62.0. The minimum absolute atomic E-state index is 0.178. The topological polar surface area (TPSA) is 37.4 Å². The molecule has 1 rings (SSSR count). The van der Waals surface area contributed by atoms with Gasteiger partial charge in [-0.2, -0.15) is 22.0 Å². The first kappa shape index (κ1) is 14.8. The SMILES string of the molecule is CC(=O)CC1CCCN1C(=O)C(F)(F)C(F)(F)F. The molecule has 1 unspecified atom stereocenters. The molecule has 1 aliphatic rings. The summed E-state index contributed by atoms with van der Waals surface area (Å²) in [6, 6.07) is -0.858. The standard InChI is InChI=1S/C10H12F5NO2/c1-6(17)5-7-3-2-4-16(7)8(18)9(11,12)10(13,14)15/h7H,2-5H2,1H3. The Hall–Kier alpha value is -1.21. The molecule has 0 aromatic rings. The quantitative estimate of drug-likeness (QED) is 0.739. The third kappa shape index (κ3) is 2.78. The third-order valence-electron chi connectivity index (χ3n) is 2.79. The third-order valence-corrected chi connectivity index (χ3v) is 2.79. The second kappa shape index (κ2) is 4.81. The fourth-order valence-electron chi connectivity index (χ4n) is 1.95. The van der Waals surface area contributed by atoms with E-state index in [-0.39, 0.29) is 25.2 Å². The van der Waals surface area contributed by atoms with Crippen molar-refractivity contribution < 1.29 is 31.5 Å². The number of Topliss-reactive ketones (excluding diaryl/α,β-unsaturated/α-hetero) is 1. The predicted molar refractivity (Wildman–Crippen MR) is 51.0 cm³/mol. The van der Waals surface area contributed by atoms with E-state index in [4.69, 9.17) is 0 Å². The normalized spacial score (nSPS) is 21.2. The number of alkyl halides is 5. The Morgan fingerprint density at radius 3 is 2.22 bits per heavy atom. The van der Waals surface area contributed by atoms with Crippen molar-refractivity contribution in [1.82, 2.24) is 4.90 Å². The van der Waals surface area contributed by atoms with Crippen molar-refractivity contribution in [2.45, 2.75) is 44.3 Å². The second-order valence-electron chi connectivity index (χ2n) is 4.27. The molecule has 1 amide bonds. The number of nitrogens with zero attached hydrogens (tertiary/aromatic N) is 1. The Bertz CT molecular complexity index is 353. The van der Waals surface area contributed by atoms with Gasteiger partial charge in [0.2, 0.25) is 0 Å². The highest BCUT2D eigenvalue weighted by atomic mass is 19.4. The van der Waals surface area contributed by atoms with Crippen LogP contribution in [-0.4, -0.2) is 41.3 Å². The molecule has 0 N–H and O–H groups in total. The van der Waals surface area contributed by atoms with Crippen molar-refractivity contribution in [2.24, 2.45) is 0 Å². The molecule has 3 nitrogen and oxygen atoms in total. The molecule has 0 aromatic heterocycles. The molecule has 8 heteroatoms. The Balaban J connectivity index is 2.86. The van der Waals surface area contributed by atoms with Crippen molar-refractivity contribution in [2.75, 3.05) is 6.54 Å². The van der Waals surface area contributed by atoms with E-state index < -0.39 is 24.0 Å². The average Bonchev–Trinajstić information content (AvgIpc) is 2.61. The van der Waals surface area contributed by atoms with Crippen LogP contribution in [0.5, 0.6) is 0 Å². The summed E-state index contributed by atoms with van der Waals surface area (Å²) in [5.41, 5.74) is 0. The predicted octanol–water partition coefficient (Wildman–Crippen LogP) is 2.15. The molecular weight excluding hydrogens is 261 g/mol. The first-order valence-electron chi connectivity index (χ1n) is 5.32. The minimum atomic E-state index is -5.91. The van der Waals surface area contributed by atoms with Crippen LogP contribution in [0.15, 0.2) is 0 Å². The zero-order valence-corrected chi connectivity index (χ0v) is 9.56. The van der Waals surface area contributed by atoms with E-state index in [9.17, 15) is 31.5 Å². The number of carbonyl (C=O) groups is 2. The summed E-state index contributed by atoms with van der Waals surface area (Å²) in [4.78, 5) is 22.6. The van der Waals surface area contributed by atoms with E-state index in [1.54, 1.807) is 0 Å². The van der Waals surface area contributed by atoms with Gasteiger partial charge in [0.05, 0.1) is 0 Å². The zero-order valence-electron chi connectivity index (χ0n) is 9.56. The summed E-state index contributed by atoms with van der Waals surface area (Å²) >= 11 is 0. The van der Waals surface area contributed by atoms with Gasteiger partial charge in [0.15, 0.2) is 0 Å². The van der Waals surface area contributed by atoms with Gasteiger partial charge in [-0.05, 0) is 19.8 Å². The van der Waals surface area contributed by atoms with Crippen LogP contribution < -0.4 is 0 Å². The van der Waals surface area contributed by atoms with Gasteiger partial charge in [-0.3, -0.25) is 9.59 Å². The van der Waals surface area contributed by atoms with Crippen molar-refractivity contribution in [3.63, 3.8) is 0 Å². The number of hydrogen-bond acceptors (Lipinski definition) is 2. The maximum absolute atomic E-state index is 12.9. The maximum Gasteiger partial charge on any atom is 0.463 e. The molecule has 0 bridgehead atoms. The lowest BCUT2D eigenvalue weighted by Crippen LogP contribution is -2.53. The highest BCUT2D eigenvalue weighted by Crippen LogP contribution is 2.38. The Labute approximate surface area is 99.9 Å². The van der Waals surface area contributed by atoms with Crippen LogP contribution in [0.1, 0.15) is 26.2 Å². The van der Waals surface area contributed by atoms with Gasteiger partial charge in [-0.15, -0.1) is 0 Å². The Kier molecular flexibility index (Phi) is 3.97. The van der Waals surface area contributed by atoms with Gasteiger partial charge in [0, 0.05) is 19.0 Å². The summed E-state index contributed by atoms with van der Waals surface area (Å²) in [5, 5.41) is 0. The highest BCUT2D eigenvalue weighted by molar-refractivity contribution is 5.86. The molecule has 0 aromatic carbocycles. The van der Waals surface area contributed by atoms with Crippen LogP contribution in [-0.2, 0) is 9.59 Å². The fraction of sp³-hybridized carbons (Fsp3) is 0.800. The lowest BCUT2D eigenvalue weighted by molar-refractivity contribution is -0.274. The maximum atomic E-state index is 12.9. The van der Waals surface area contributed by atoms with Crippen molar-refractivity contribution in [3.05, 3.63) is 0 Å². The molecule has 1 fully saturated rings. The van der Waals surface area contributed by atoms with Crippen LogP contribution in [0.4, 0.5) is 22.0 Å². The highest BCUT2D eigenvalue weighted by Gasteiger charge is 2.65. The summed E-state index contributed by atoms with van der Waals surface area (Å²) in [6.07, 6.45) is -5.52. The number of ketones is 1. The first-order chi connectivity index (χ1) is 8.07. The van der Waals surface area contributed by atoms with Crippen LogP contribution in [0.2, 0.25) is 0 Å². The Morgan fingerprint density at radius 1 is 1.22 bits per heavy atom. The van der Waals surface area contributed by atoms with E-state index in [1.807, 2.05) is 0 Å². The molecule has 1 atom stereocenters. The van der Waals surface area contributed by atoms with E-state index in [0.717, 1.165) is 0 Å². The molecule has 1 saturated heterocycles. The summed E-state index contributed by atoms with van der Waals surface area (Å²) in [7, 11) is 0. The molecule has 1 aliphatic heterocycles. The minimum Gasteiger partial charge on any atom is -0.334 e. The van der Waals surface area contributed by atoms with Crippen molar-refractivity contribution in [3.8, 4) is 0 Å². The van der Waals surface area contributed by atoms with E-state index in [0.29, 0.717) is 11.3 Å². The lowest BCUT2D eigenvalue weighted by atomic mass is 10.1. The molecular formula is C10H12F5NO2. The van der Waals surface area contributed by atoms with Gasteiger partial charge < -0.3 is 4.90 Å². The molecule has 0 aliphatic carbocycles. The van der Waals surface area contributed by atoms with Gasteiger partial charge in [0.1, 0.15) is 5.78 Å². The largest absolute Gasteiger partial charge is 0.463 e. The monoisotopic (exact) mass is 273 g/mol. The second-order valence-corrected chi connectivity index (χ2v) is 4.27. The molecule has 0 spiro atoms. The van der Waals surface area contributed by atoms with Crippen LogP contribution in [0.3, 0.4) is 0 Å². The first-order valence-corrected chi connectivity index (χ1v) is 5.32. The summed E-state index contributed by atoms with van der Waals surface area (Å²) in [5.74, 6) is -8.01. The van der Waals surface area contributed by atoms with Gasteiger partial charge in [0.25, 0.3) is 0 Å². The zero-order chi connectivity index (χ0) is 14.1. The van der Waals surface area contributed by atoms with Gasteiger partial charge in [-0.1, -0.05) is 0 Å². The van der Waals surface area contributed by atoms with Crippen molar-refractivity contribution in [1.29, 1.82) is 0 Å². The van der Waals surface area contributed by atoms with Crippen LogP contribution in [0, 0.1) is 0 Å². The number of halogens is 5. The van der Waals surface area contributed by atoms with Gasteiger partial charge in [-0.25, -0.2) is 0 Å². The van der Waals surface area contributed by atoms with Crippen LogP contribution >= 0.6 is 0 Å². The molecule has 104 valence electrons. The average molecular weight is 273 g/mol. The van der Waals surface area contributed by atoms with E-state index in [1.165, 1.54) is 6.92 Å².